The summed E-state index contributed by atoms with van der Waals surface area (Å²) in [5.74, 6) is 0.814. The van der Waals surface area contributed by atoms with Gasteiger partial charge >= 0.3 is 0 Å². The first-order chi connectivity index (χ1) is 5.74. The van der Waals surface area contributed by atoms with Crippen LogP contribution in [0, 0.1) is 0 Å². The molecule has 12 heavy (non-hydrogen) atoms. The van der Waals surface area contributed by atoms with Gasteiger partial charge in [-0.2, -0.15) is 4.98 Å². The molecule has 5 nitrogen and oxygen atoms in total. The number of aromatic nitrogens is 2. The highest BCUT2D eigenvalue weighted by atomic mass is 16.5. The largest absolute Gasteiger partial charge is 0.385 e. The summed E-state index contributed by atoms with van der Waals surface area (Å²) >= 11 is 0. The lowest BCUT2D eigenvalue weighted by Gasteiger charge is -1.92. The van der Waals surface area contributed by atoms with E-state index in [0.717, 1.165) is 0 Å². The van der Waals surface area contributed by atoms with Gasteiger partial charge < -0.3 is 14.4 Å². The molecular formula is C7H12N2O3. The van der Waals surface area contributed by atoms with Crippen molar-refractivity contribution >= 4 is 0 Å². The number of nitrogens with zero attached hydrogens (tertiary/aromatic N) is 2. The van der Waals surface area contributed by atoms with Gasteiger partial charge in [-0.1, -0.05) is 5.16 Å². The molecule has 0 aromatic carbocycles. The Balaban J connectivity index is 2.52. The molecule has 1 atom stereocenters. The van der Waals surface area contributed by atoms with E-state index >= 15 is 0 Å². The molecule has 0 spiro atoms. The highest BCUT2D eigenvalue weighted by Gasteiger charge is 2.09. The third-order valence-electron chi connectivity index (χ3n) is 1.38. The van der Waals surface area contributed by atoms with Gasteiger partial charge in [0.25, 0.3) is 0 Å². The lowest BCUT2D eigenvalue weighted by atomic mass is 10.4. The lowest BCUT2D eigenvalue weighted by Crippen LogP contribution is -1.96. The number of methoxy groups -OCH3 is 1. The minimum atomic E-state index is -0.676. The van der Waals surface area contributed by atoms with Crippen molar-refractivity contribution in [3.05, 3.63) is 11.7 Å². The normalized spacial score (nSPS) is 13.2. The standard InChI is InChI=1S/C7H12N2O3/c1-5(10)7-8-6(12-9-7)3-4-11-2/h5,10H,3-4H2,1-2H3. The van der Waals surface area contributed by atoms with Gasteiger partial charge in [-0.3, -0.25) is 0 Å². The van der Waals surface area contributed by atoms with Crippen LogP contribution in [0.25, 0.3) is 0 Å². The molecule has 0 saturated carbocycles. The van der Waals surface area contributed by atoms with Crippen molar-refractivity contribution in [1.82, 2.24) is 10.1 Å². The Morgan fingerprint density at radius 3 is 2.92 bits per heavy atom. The number of aliphatic hydroxyl groups is 1. The molecular weight excluding hydrogens is 160 g/mol. The van der Waals surface area contributed by atoms with Gasteiger partial charge in [0.2, 0.25) is 5.89 Å². The number of rotatable bonds is 4. The second-order valence-electron chi connectivity index (χ2n) is 2.47. The molecule has 1 N–H and O–H groups in total. The van der Waals surface area contributed by atoms with Crippen LogP contribution in [0.5, 0.6) is 0 Å². The van der Waals surface area contributed by atoms with Crippen LogP contribution in [-0.2, 0) is 11.2 Å². The summed E-state index contributed by atoms with van der Waals surface area (Å²) in [4.78, 5) is 3.94. The van der Waals surface area contributed by atoms with Crippen LogP contribution >= 0.6 is 0 Å². The average molecular weight is 172 g/mol. The lowest BCUT2D eigenvalue weighted by molar-refractivity contribution is 0.183. The smallest absolute Gasteiger partial charge is 0.229 e. The molecule has 0 aliphatic carbocycles. The first-order valence-corrected chi connectivity index (χ1v) is 3.73. The zero-order valence-corrected chi connectivity index (χ0v) is 7.15. The summed E-state index contributed by atoms with van der Waals surface area (Å²) in [5, 5.41) is 12.6. The quantitative estimate of drug-likeness (QED) is 0.708. The molecule has 0 aliphatic heterocycles. The van der Waals surface area contributed by atoms with E-state index in [0.29, 0.717) is 24.7 Å². The number of hydrogen-bond donors (Lipinski definition) is 1. The van der Waals surface area contributed by atoms with Crippen molar-refractivity contribution in [1.29, 1.82) is 0 Å². The van der Waals surface area contributed by atoms with E-state index in [1.54, 1.807) is 14.0 Å². The third kappa shape index (κ3) is 2.28. The molecule has 68 valence electrons. The van der Waals surface area contributed by atoms with Crippen LogP contribution in [0.2, 0.25) is 0 Å². The highest BCUT2D eigenvalue weighted by Crippen LogP contribution is 2.07. The third-order valence-corrected chi connectivity index (χ3v) is 1.38. The summed E-state index contributed by atoms with van der Waals surface area (Å²) in [6.45, 7) is 2.13. The molecule has 1 rings (SSSR count). The van der Waals surface area contributed by atoms with Crippen LogP contribution in [0.4, 0.5) is 0 Å². The molecule has 0 aliphatic rings. The molecule has 0 radical (unpaired) electrons. The predicted octanol–water partition coefficient (Wildman–Crippen LogP) is 0.312. The van der Waals surface area contributed by atoms with Gasteiger partial charge in [0.1, 0.15) is 6.10 Å². The maximum Gasteiger partial charge on any atom is 0.229 e. The number of aliphatic hydroxyl groups excluding tert-OH is 1. The maximum absolute atomic E-state index is 9.05. The van der Waals surface area contributed by atoms with E-state index in [1.165, 1.54) is 0 Å². The fraction of sp³-hybridized carbons (Fsp3) is 0.714. The minimum Gasteiger partial charge on any atom is -0.385 e. The van der Waals surface area contributed by atoms with Gasteiger partial charge in [0.15, 0.2) is 5.82 Å². The van der Waals surface area contributed by atoms with Crippen molar-refractivity contribution in [2.24, 2.45) is 0 Å². The Morgan fingerprint density at radius 2 is 2.42 bits per heavy atom. The van der Waals surface area contributed by atoms with E-state index < -0.39 is 6.10 Å². The fourth-order valence-electron chi connectivity index (χ4n) is 0.729. The van der Waals surface area contributed by atoms with Crippen molar-refractivity contribution in [2.45, 2.75) is 19.4 Å². The Bertz CT molecular complexity index is 234. The van der Waals surface area contributed by atoms with Gasteiger partial charge in [0.05, 0.1) is 13.0 Å². The Hall–Kier alpha value is -0.940. The van der Waals surface area contributed by atoms with E-state index in [-0.39, 0.29) is 0 Å². The molecule has 0 saturated heterocycles. The maximum atomic E-state index is 9.05. The van der Waals surface area contributed by atoms with Crippen molar-refractivity contribution < 1.29 is 14.4 Å². The van der Waals surface area contributed by atoms with Gasteiger partial charge in [0, 0.05) is 7.11 Å². The van der Waals surface area contributed by atoms with Crippen LogP contribution in [-0.4, -0.2) is 29.0 Å². The van der Waals surface area contributed by atoms with E-state index in [9.17, 15) is 0 Å². The molecule has 1 heterocycles. The summed E-state index contributed by atoms with van der Waals surface area (Å²) in [6.07, 6.45) is -0.0963. The topological polar surface area (TPSA) is 68.4 Å². The number of ether oxygens (including phenoxy) is 1. The van der Waals surface area contributed by atoms with Crippen LogP contribution in [0.3, 0.4) is 0 Å². The van der Waals surface area contributed by atoms with E-state index in [2.05, 4.69) is 10.1 Å². The summed E-state index contributed by atoms with van der Waals surface area (Å²) in [7, 11) is 1.60. The van der Waals surface area contributed by atoms with Gasteiger partial charge in [-0.05, 0) is 6.92 Å². The van der Waals surface area contributed by atoms with Crippen molar-refractivity contribution in [3.8, 4) is 0 Å². The molecule has 1 aromatic heterocycles. The van der Waals surface area contributed by atoms with Crippen LogP contribution in [0.15, 0.2) is 4.52 Å². The molecule has 5 heteroatoms. The Morgan fingerprint density at radius 1 is 1.67 bits per heavy atom. The van der Waals surface area contributed by atoms with Crippen LogP contribution in [0.1, 0.15) is 24.7 Å². The fourth-order valence-corrected chi connectivity index (χ4v) is 0.729. The second-order valence-corrected chi connectivity index (χ2v) is 2.47. The first-order valence-electron chi connectivity index (χ1n) is 3.73. The van der Waals surface area contributed by atoms with Gasteiger partial charge in [-0.15, -0.1) is 0 Å². The van der Waals surface area contributed by atoms with Crippen molar-refractivity contribution in [3.63, 3.8) is 0 Å². The zero-order valence-electron chi connectivity index (χ0n) is 7.15. The second kappa shape index (κ2) is 4.18. The minimum absolute atomic E-state index is 0.320. The Kier molecular flexibility index (Phi) is 3.19. The number of hydrogen-bond acceptors (Lipinski definition) is 5. The molecule has 0 bridgehead atoms. The monoisotopic (exact) mass is 172 g/mol. The predicted molar refractivity (Wildman–Crippen MR) is 40.5 cm³/mol. The highest BCUT2D eigenvalue weighted by molar-refractivity contribution is 4.88. The van der Waals surface area contributed by atoms with E-state index in [4.69, 9.17) is 14.4 Å². The Labute approximate surface area is 70.3 Å². The SMILES string of the molecule is COCCc1nc(C(C)O)no1. The van der Waals surface area contributed by atoms with Gasteiger partial charge in [-0.25, -0.2) is 0 Å². The average Bonchev–Trinajstić information content (AvgIpc) is 2.48. The summed E-state index contributed by atoms with van der Waals surface area (Å²) in [5.41, 5.74) is 0. The summed E-state index contributed by atoms with van der Waals surface area (Å²) < 4.78 is 9.65. The molecule has 1 unspecified atom stereocenters. The van der Waals surface area contributed by atoms with Crippen LogP contribution < -0.4 is 0 Å². The molecule has 1 aromatic rings. The zero-order chi connectivity index (χ0) is 8.97. The van der Waals surface area contributed by atoms with Crippen molar-refractivity contribution in [2.75, 3.05) is 13.7 Å². The van der Waals surface area contributed by atoms with E-state index in [1.807, 2.05) is 0 Å². The first kappa shape index (κ1) is 9.15. The molecule has 0 fully saturated rings. The molecule has 0 amide bonds. The summed E-state index contributed by atoms with van der Waals surface area (Å²) in [6, 6.07) is 0.